The van der Waals surface area contributed by atoms with Crippen molar-refractivity contribution >= 4 is 36.5 Å². The van der Waals surface area contributed by atoms with Gasteiger partial charge in [-0.15, -0.1) is 0 Å². The third kappa shape index (κ3) is 18.0. The first-order valence-corrected chi connectivity index (χ1v) is 14.0. The molecule has 1 N–H and O–H groups in total. The number of hydrogen-bond acceptors (Lipinski definition) is 9. The number of aromatic nitrogens is 2. The molecule has 3 rings (SSSR count). The Morgan fingerprint density at radius 3 is 1.63 bits per heavy atom. The summed E-state index contributed by atoms with van der Waals surface area (Å²) >= 11 is 0. The van der Waals surface area contributed by atoms with Crippen molar-refractivity contribution in [3.8, 4) is 11.4 Å². The Balaban J connectivity index is -0.000000702. The molecule has 0 amide bonds. The second-order valence-corrected chi connectivity index (χ2v) is 11.2. The van der Waals surface area contributed by atoms with Crippen LogP contribution in [0.3, 0.4) is 0 Å². The number of pyridine rings is 2. The van der Waals surface area contributed by atoms with Gasteiger partial charge in [0, 0.05) is 32.8 Å². The first-order chi connectivity index (χ1) is 19.9. The first-order valence-electron chi connectivity index (χ1n) is 12.6. The molecule has 0 saturated carbocycles. The van der Waals surface area contributed by atoms with Crippen LogP contribution < -0.4 is 0 Å². The Hall–Kier alpha value is -3.43. The summed E-state index contributed by atoms with van der Waals surface area (Å²) in [5.74, 6) is 0.285. The summed E-state index contributed by atoms with van der Waals surface area (Å²) in [7, 11) is -4.17. The molecule has 2 heterocycles. The normalized spacial score (nSPS) is 10.7. The van der Waals surface area contributed by atoms with Gasteiger partial charge < -0.3 is 39.5 Å². The van der Waals surface area contributed by atoms with E-state index in [0.29, 0.717) is 18.9 Å². The predicted octanol–water partition coefficient (Wildman–Crippen LogP) is 4.99. The topological polar surface area (TPSA) is 158 Å². The Labute approximate surface area is 269 Å². The molecule has 2 aromatic heterocycles. The van der Waals surface area contributed by atoms with Crippen LogP contribution in [0.1, 0.15) is 58.9 Å². The number of benzene rings is 1. The Bertz CT molecular complexity index is 1200. The molecular weight excluding hydrogens is 747 g/mol. The number of rotatable bonds is 9. The SMILES string of the molecule is CC(C)COC(=O)C(C)(C)CCC(C)c1ccc(S(=O)(=O)O)cc1.[C-]=O.[C-]=O.[C-]=O.[Re].c1ccc(-c2ccccn2)nc1. The third-order valence-corrected chi connectivity index (χ3v) is 6.51. The second-order valence-electron chi connectivity index (χ2n) is 9.79. The van der Waals surface area contributed by atoms with Crippen LogP contribution in [0.4, 0.5) is 0 Å². The molecule has 4 radical (unpaired) electrons. The Morgan fingerprint density at radius 2 is 1.28 bits per heavy atom. The number of hydrogen-bond donors (Lipinski definition) is 1. The minimum atomic E-state index is -4.17. The molecule has 0 bridgehead atoms. The van der Waals surface area contributed by atoms with Gasteiger partial charge in [0.15, 0.2) is 0 Å². The van der Waals surface area contributed by atoms with Gasteiger partial charge in [0.1, 0.15) is 0 Å². The van der Waals surface area contributed by atoms with Crippen LogP contribution in [0.25, 0.3) is 11.4 Å². The number of ether oxygens (including phenoxy) is 1. The molecular formula is C31H36N2O8ReS-3. The van der Waals surface area contributed by atoms with Crippen molar-refractivity contribution in [1.82, 2.24) is 9.97 Å². The standard InChI is InChI=1S/C18H28O5S.C10H8N2.3CO.Re/c1-13(2)12-23-17(19)18(4,5)11-10-14(3)15-6-8-16(9-7-15)24(20,21)22;1-3-7-11-9(5-1)10-6-2-4-8-12-10;3*1-2;/h6-9,13-14H,10-12H2,1-5H3,(H,20,21,22);1-8H;;;;/q;;3*-1;. The van der Waals surface area contributed by atoms with E-state index < -0.39 is 15.5 Å². The molecule has 1 aromatic carbocycles. The second kappa shape index (κ2) is 24.1. The van der Waals surface area contributed by atoms with Crippen LogP contribution in [0.5, 0.6) is 0 Å². The van der Waals surface area contributed by atoms with Gasteiger partial charge in [-0.1, -0.05) is 45.0 Å². The fraction of sp³-hybridized carbons (Fsp3) is 0.355. The predicted molar refractivity (Wildman–Crippen MR) is 158 cm³/mol. The smallest absolute Gasteiger partial charge is 0.311 e. The molecule has 12 heteroatoms. The van der Waals surface area contributed by atoms with Crippen LogP contribution in [-0.4, -0.2) is 55.9 Å². The molecule has 0 aliphatic carbocycles. The molecule has 1 unspecified atom stereocenters. The van der Waals surface area contributed by atoms with Crippen molar-refractivity contribution in [3.05, 3.63) is 78.6 Å². The van der Waals surface area contributed by atoms with Gasteiger partial charge >= 0.3 is 5.97 Å². The van der Waals surface area contributed by atoms with Crippen LogP contribution in [0.2, 0.25) is 0 Å². The van der Waals surface area contributed by atoms with Crippen molar-refractivity contribution in [1.29, 1.82) is 0 Å². The fourth-order valence-electron chi connectivity index (χ4n) is 3.28. The quantitative estimate of drug-likeness (QED) is 0.178. The first kappa shape index (κ1) is 44.0. The molecule has 10 nitrogen and oxygen atoms in total. The molecule has 0 fully saturated rings. The van der Waals surface area contributed by atoms with Crippen LogP contribution in [0, 0.1) is 11.3 Å². The van der Waals surface area contributed by atoms with Gasteiger partial charge in [-0.25, -0.2) is 0 Å². The summed E-state index contributed by atoms with van der Waals surface area (Å²) in [5, 5.41) is 0. The van der Waals surface area contributed by atoms with Crippen molar-refractivity contribution in [2.45, 2.75) is 58.3 Å². The van der Waals surface area contributed by atoms with Crippen molar-refractivity contribution in [2.24, 2.45) is 11.3 Å². The average Bonchev–Trinajstić information content (AvgIpc) is 3.02. The zero-order valence-corrected chi connectivity index (χ0v) is 28.2. The molecule has 43 heavy (non-hydrogen) atoms. The molecule has 234 valence electrons. The average molecular weight is 783 g/mol. The molecule has 3 aromatic rings. The minimum absolute atomic E-state index is 0. The van der Waals surface area contributed by atoms with E-state index >= 15 is 0 Å². The van der Waals surface area contributed by atoms with E-state index in [4.69, 9.17) is 23.7 Å². The van der Waals surface area contributed by atoms with E-state index in [9.17, 15) is 13.2 Å². The monoisotopic (exact) mass is 783 g/mol. The maximum Gasteiger partial charge on any atom is 0.311 e. The van der Waals surface area contributed by atoms with Crippen molar-refractivity contribution in [3.63, 3.8) is 0 Å². The zero-order chi connectivity index (χ0) is 32.8. The summed E-state index contributed by atoms with van der Waals surface area (Å²) < 4.78 is 36.4. The van der Waals surface area contributed by atoms with E-state index in [1.807, 2.05) is 71.0 Å². The summed E-state index contributed by atoms with van der Waals surface area (Å²) in [6.07, 6.45) is 4.98. The fourth-order valence-corrected chi connectivity index (χ4v) is 3.76. The number of carbonyl (C=O) groups is 1. The van der Waals surface area contributed by atoms with E-state index in [2.05, 4.69) is 30.3 Å². The maximum atomic E-state index is 12.2. The number of carbonyl (C=O) groups excluding carboxylic acids is 4. The number of esters is 1. The van der Waals surface area contributed by atoms with E-state index in [1.165, 1.54) is 12.1 Å². The van der Waals surface area contributed by atoms with E-state index in [-0.39, 0.29) is 37.2 Å². The van der Waals surface area contributed by atoms with Crippen LogP contribution >= 0.6 is 0 Å². The summed E-state index contributed by atoms with van der Waals surface area (Å²) in [5.41, 5.74) is 2.24. The van der Waals surface area contributed by atoms with Gasteiger partial charge in [-0.3, -0.25) is 19.3 Å². The minimum Gasteiger partial charge on any atom is -0.573 e. The molecule has 1 atom stereocenters. The van der Waals surface area contributed by atoms with E-state index in [1.54, 1.807) is 24.5 Å². The van der Waals surface area contributed by atoms with Gasteiger partial charge in [-0.2, -0.15) is 8.42 Å². The summed E-state index contributed by atoms with van der Waals surface area (Å²) in [6, 6.07) is 17.8. The third-order valence-electron chi connectivity index (χ3n) is 5.64. The van der Waals surface area contributed by atoms with Gasteiger partial charge in [-0.05, 0) is 80.5 Å². The van der Waals surface area contributed by atoms with Crippen molar-refractivity contribution in [2.75, 3.05) is 6.61 Å². The van der Waals surface area contributed by atoms with Crippen molar-refractivity contribution < 1.29 is 57.3 Å². The maximum absolute atomic E-state index is 12.2. The Morgan fingerprint density at radius 1 is 0.837 bits per heavy atom. The van der Waals surface area contributed by atoms with Crippen LogP contribution in [0.15, 0.2) is 78.0 Å². The summed E-state index contributed by atoms with van der Waals surface area (Å²) in [6.45, 7) is 23.7. The molecule has 0 saturated heterocycles. The zero-order valence-electron chi connectivity index (χ0n) is 24.7. The molecule has 0 spiro atoms. The largest absolute Gasteiger partial charge is 0.573 e. The molecule has 0 aliphatic heterocycles. The Kier molecular flexibility index (Phi) is 24.6. The van der Waals surface area contributed by atoms with Gasteiger partial charge in [0.2, 0.25) is 0 Å². The van der Waals surface area contributed by atoms with Gasteiger partial charge in [0.05, 0.1) is 28.3 Å². The summed E-state index contributed by atoms with van der Waals surface area (Å²) in [4.78, 5) is 42.9. The van der Waals surface area contributed by atoms with E-state index in [0.717, 1.165) is 23.4 Å². The van der Waals surface area contributed by atoms with Crippen LogP contribution in [-0.2, 0) is 54.5 Å². The van der Waals surface area contributed by atoms with Gasteiger partial charge in [0.25, 0.3) is 10.1 Å². The number of nitrogens with zero attached hydrogens (tertiary/aromatic N) is 2. The molecule has 0 aliphatic rings.